The summed E-state index contributed by atoms with van der Waals surface area (Å²) in [6.07, 6.45) is 2.22. The van der Waals surface area contributed by atoms with Crippen LogP contribution < -0.4 is 16.0 Å². The van der Waals surface area contributed by atoms with E-state index in [1.807, 2.05) is 4.90 Å². The Morgan fingerprint density at radius 1 is 1.19 bits per heavy atom. The maximum absolute atomic E-state index is 13.4. The largest absolute Gasteiger partial charge is 0.368 e. The van der Waals surface area contributed by atoms with Crippen molar-refractivity contribution in [3.8, 4) is 0 Å². The monoisotopic (exact) mass is 308 g/mol. The van der Waals surface area contributed by atoms with Gasteiger partial charge in [0.1, 0.15) is 5.82 Å². The Bertz CT molecular complexity index is 659. The molecule has 6 nitrogen and oxygen atoms in total. The molecular weight excluding hydrogens is 295 g/mol. The second-order valence-electron chi connectivity index (χ2n) is 4.77. The minimum atomic E-state index is -0.511. The van der Waals surface area contributed by atoms with Gasteiger partial charge in [-0.05, 0) is 31.0 Å². The smallest absolute Gasteiger partial charge is 0.233 e. The minimum Gasteiger partial charge on any atom is -0.368 e. The number of rotatable bonds is 3. The minimum absolute atomic E-state index is 0.0634. The lowest BCUT2D eigenvalue weighted by molar-refractivity contribution is 0.629. The second-order valence-corrected chi connectivity index (χ2v) is 5.17. The van der Waals surface area contributed by atoms with Crippen LogP contribution in [0.25, 0.3) is 0 Å². The molecule has 2 aromatic rings. The Balaban J connectivity index is 1.85. The molecule has 3 N–H and O–H groups in total. The van der Waals surface area contributed by atoms with Gasteiger partial charge >= 0.3 is 0 Å². The molecule has 0 aliphatic carbocycles. The Morgan fingerprint density at radius 3 is 2.67 bits per heavy atom. The molecule has 2 heterocycles. The molecule has 0 unspecified atom stereocenters. The molecule has 0 saturated carbocycles. The molecule has 110 valence electrons. The van der Waals surface area contributed by atoms with Crippen LogP contribution in [0.2, 0.25) is 5.02 Å². The standard InChI is InChI=1S/C13H14ClFN6/c14-9-4-3-8(7-10(9)15)17-12-18-11(16)19-13(20-12)21-5-1-2-6-21/h3-4,7H,1-2,5-6H2,(H3,16,17,18,19,20). The van der Waals surface area contributed by atoms with Gasteiger partial charge in [-0.3, -0.25) is 0 Å². The summed E-state index contributed by atoms with van der Waals surface area (Å²) in [5, 5.41) is 2.97. The van der Waals surface area contributed by atoms with Gasteiger partial charge in [0, 0.05) is 18.8 Å². The van der Waals surface area contributed by atoms with Crippen molar-refractivity contribution in [1.82, 2.24) is 15.0 Å². The molecule has 1 aromatic heterocycles. The van der Waals surface area contributed by atoms with Crippen LogP contribution in [-0.2, 0) is 0 Å². The molecule has 3 rings (SSSR count). The highest BCUT2D eigenvalue weighted by Crippen LogP contribution is 2.22. The number of nitrogens with two attached hydrogens (primary N) is 1. The molecule has 0 bridgehead atoms. The Hall–Kier alpha value is -2.15. The molecule has 8 heteroatoms. The van der Waals surface area contributed by atoms with E-state index in [0.717, 1.165) is 25.9 Å². The zero-order valence-electron chi connectivity index (χ0n) is 11.2. The third-order valence-corrected chi connectivity index (χ3v) is 3.51. The number of aromatic nitrogens is 3. The van der Waals surface area contributed by atoms with E-state index in [0.29, 0.717) is 11.6 Å². The summed E-state index contributed by atoms with van der Waals surface area (Å²) in [7, 11) is 0. The average molecular weight is 309 g/mol. The summed E-state index contributed by atoms with van der Waals surface area (Å²) < 4.78 is 13.4. The van der Waals surface area contributed by atoms with E-state index in [2.05, 4.69) is 20.3 Å². The fraction of sp³-hybridized carbons (Fsp3) is 0.308. The van der Waals surface area contributed by atoms with Crippen molar-refractivity contribution in [3.05, 3.63) is 29.0 Å². The molecule has 1 aliphatic heterocycles. The van der Waals surface area contributed by atoms with Crippen molar-refractivity contribution >= 4 is 35.1 Å². The van der Waals surface area contributed by atoms with Crippen LogP contribution in [0, 0.1) is 5.82 Å². The number of nitrogen functional groups attached to an aromatic ring is 1. The molecule has 1 aromatic carbocycles. The van der Waals surface area contributed by atoms with Crippen molar-refractivity contribution < 1.29 is 4.39 Å². The molecule has 0 spiro atoms. The van der Waals surface area contributed by atoms with Crippen LogP contribution in [-0.4, -0.2) is 28.0 Å². The number of hydrogen-bond acceptors (Lipinski definition) is 6. The summed E-state index contributed by atoms with van der Waals surface area (Å²) >= 11 is 5.65. The Morgan fingerprint density at radius 2 is 1.95 bits per heavy atom. The molecule has 1 aliphatic rings. The average Bonchev–Trinajstić information content (AvgIpc) is 2.96. The fourth-order valence-electron chi connectivity index (χ4n) is 2.20. The zero-order chi connectivity index (χ0) is 14.8. The summed E-state index contributed by atoms with van der Waals surface area (Å²) in [4.78, 5) is 14.5. The van der Waals surface area contributed by atoms with E-state index >= 15 is 0 Å². The molecular formula is C13H14ClFN6. The lowest BCUT2D eigenvalue weighted by atomic mass is 10.3. The van der Waals surface area contributed by atoms with E-state index < -0.39 is 5.82 Å². The van der Waals surface area contributed by atoms with Crippen LogP contribution >= 0.6 is 11.6 Å². The lowest BCUT2D eigenvalue weighted by Crippen LogP contribution is -2.21. The van der Waals surface area contributed by atoms with Crippen molar-refractivity contribution in [2.45, 2.75) is 12.8 Å². The first-order chi connectivity index (χ1) is 10.1. The van der Waals surface area contributed by atoms with Gasteiger partial charge in [0.15, 0.2) is 0 Å². The molecule has 0 amide bonds. The van der Waals surface area contributed by atoms with Crippen LogP contribution in [0.1, 0.15) is 12.8 Å². The van der Waals surface area contributed by atoms with Crippen molar-refractivity contribution in [3.63, 3.8) is 0 Å². The van der Waals surface area contributed by atoms with Gasteiger partial charge in [0.2, 0.25) is 17.8 Å². The van der Waals surface area contributed by atoms with Crippen LogP contribution in [0.4, 0.5) is 27.9 Å². The summed E-state index contributed by atoms with van der Waals surface area (Å²) in [6, 6.07) is 4.38. The van der Waals surface area contributed by atoms with Crippen LogP contribution in [0.15, 0.2) is 18.2 Å². The van der Waals surface area contributed by atoms with Crippen LogP contribution in [0.3, 0.4) is 0 Å². The number of nitrogens with one attached hydrogen (secondary N) is 1. The first-order valence-corrected chi connectivity index (χ1v) is 6.98. The van der Waals surface area contributed by atoms with Gasteiger partial charge < -0.3 is 16.0 Å². The predicted molar refractivity (Wildman–Crippen MR) is 80.4 cm³/mol. The highest BCUT2D eigenvalue weighted by molar-refractivity contribution is 6.30. The van der Waals surface area contributed by atoms with Crippen LogP contribution in [0.5, 0.6) is 0 Å². The van der Waals surface area contributed by atoms with Crippen molar-refractivity contribution in [2.75, 3.05) is 29.0 Å². The van der Waals surface area contributed by atoms with E-state index in [-0.39, 0.29) is 16.9 Å². The number of anilines is 4. The normalized spacial score (nSPS) is 14.5. The molecule has 0 atom stereocenters. The summed E-state index contributed by atoms with van der Waals surface area (Å²) in [5.41, 5.74) is 6.21. The maximum atomic E-state index is 13.4. The summed E-state index contributed by atoms with van der Waals surface area (Å²) in [5.74, 6) is 0.440. The SMILES string of the molecule is Nc1nc(Nc2ccc(Cl)c(F)c2)nc(N2CCCC2)n1. The van der Waals surface area contributed by atoms with Crippen molar-refractivity contribution in [2.24, 2.45) is 0 Å². The topological polar surface area (TPSA) is 80.0 Å². The highest BCUT2D eigenvalue weighted by Gasteiger charge is 2.17. The van der Waals surface area contributed by atoms with E-state index in [1.54, 1.807) is 6.07 Å². The molecule has 1 saturated heterocycles. The Kier molecular flexibility index (Phi) is 3.74. The third-order valence-electron chi connectivity index (χ3n) is 3.21. The van der Waals surface area contributed by atoms with Gasteiger partial charge in [-0.2, -0.15) is 15.0 Å². The predicted octanol–water partition coefficient (Wildman–Crippen LogP) is 2.59. The van der Waals surface area contributed by atoms with Gasteiger partial charge in [-0.15, -0.1) is 0 Å². The van der Waals surface area contributed by atoms with Gasteiger partial charge in [0.05, 0.1) is 5.02 Å². The second kappa shape index (κ2) is 5.69. The van der Waals surface area contributed by atoms with E-state index in [9.17, 15) is 4.39 Å². The molecule has 1 fully saturated rings. The van der Waals surface area contributed by atoms with Gasteiger partial charge in [-0.1, -0.05) is 11.6 Å². The van der Waals surface area contributed by atoms with E-state index in [4.69, 9.17) is 17.3 Å². The highest BCUT2D eigenvalue weighted by atomic mass is 35.5. The quantitative estimate of drug-likeness (QED) is 0.907. The fourth-order valence-corrected chi connectivity index (χ4v) is 2.32. The van der Waals surface area contributed by atoms with E-state index in [1.165, 1.54) is 12.1 Å². The number of benzene rings is 1. The number of hydrogen-bond donors (Lipinski definition) is 2. The number of halogens is 2. The van der Waals surface area contributed by atoms with Gasteiger partial charge in [0.25, 0.3) is 0 Å². The third kappa shape index (κ3) is 3.13. The Labute approximate surface area is 126 Å². The molecule has 0 radical (unpaired) electrons. The molecule has 21 heavy (non-hydrogen) atoms. The first kappa shape index (κ1) is 13.8. The van der Waals surface area contributed by atoms with Gasteiger partial charge in [-0.25, -0.2) is 4.39 Å². The summed E-state index contributed by atoms with van der Waals surface area (Å²) in [6.45, 7) is 1.80. The van der Waals surface area contributed by atoms with Crippen molar-refractivity contribution in [1.29, 1.82) is 0 Å². The number of nitrogens with zero attached hydrogens (tertiary/aromatic N) is 4. The zero-order valence-corrected chi connectivity index (χ0v) is 11.9. The lowest BCUT2D eigenvalue weighted by Gasteiger charge is -2.16. The maximum Gasteiger partial charge on any atom is 0.233 e. The first-order valence-electron chi connectivity index (χ1n) is 6.60.